The summed E-state index contributed by atoms with van der Waals surface area (Å²) in [5, 5.41) is 4.33. The van der Waals surface area contributed by atoms with Gasteiger partial charge >= 0.3 is 0 Å². The van der Waals surface area contributed by atoms with Gasteiger partial charge in [-0.2, -0.15) is 5.10 Å². The molecular weight excluding hydrogens is 240 g/mol. The van der Waals surface area contributed by atoms with Gasteiger partial charge in [-0.25, -0.2) is 4.68 Å². The highest BCUT2D eigenvalue weighted by Gasteiger charge is 2.07. The smallest absolute Gasteiger partial charge is 0.125 e. The molecule has 0 fully saturated rings. The van der Waals surface area contributed by atoms with Crippen LogP contribution in [0.3, 0.4) is 0 Å². The number of nitrogen functional groups attached to an aromatic ring is 1. The number of aryl methyl sites for hydroxylation is 1. The highest BCUT2D eigenvalue weighted by atomic mass is 16.5. The molecule has 0 aliphatic carbocycles. The van der Waals surface area contributed by atoms with Crippen molar-refractivity contribution in [2.75, 3.05) is 19.4 Å². The Morgan fingerprint density at radius 1 is 1.26 bits per heavy atom. The van der Waals surface area contributed by atoms with E-state index < -0.39 is 0 Å². The fraction of sp³-hybridized carbons (Fsp3) is 0.357. The maximum atomic E-state index is 6.08. The van der Waals surface area contributed by atoms with Gasteiger partial charge in [0.15, 0.2) is 0 Å². The predicted molar refractivity (Wildman–Crippen MR) is 76.1 cm³/mol. The lowest BCUT2D eigenvalue weighted by Crippen LogP contribution is -2.07. The maximum absolute atomic E-state index is 6.08. The summed E-state index contributed by atoms with van der Waals surface area (Å²) in [4.78, 5) is 0. The first-order valence-corrected chi connectivity index (χ1v) is 6.37. The fourth-order valence-corrected chi connectivity index (χ4v) is 1.95. The molecule has 0 saturated carbocycles. The first-order chi connectivity index (χ1) is 9.24. The molecule has 102 valence electrons. The zero-order valence-corrected chi connectivity index (χ0v) is 11.2. The number of ether oxygens (including phenoxy) is 1. The van der Waals surface area contributed by atoms with Gasteiger partial charge in [0, 0.05) is 5.56 Å². The van der Waals surface area contributed by atoms with Gasteiger partial charge in [-0.05, 0) is 37.1 Å². The topological polar surface area (TPSA) is 79.1 Å². The van der Waals surface area contributed by atoms with Gasteiger partial charge in [0.2, 0.25) is 0 Å². The third-order valence-corrected chi connectivity index (χ3v) is 3.10. The Kier molecular flexibility index (Phi) is 4.41. The van der Waals surface area contributed by atoms with E-state index in [1.165, 1.54) is 0 Å². The monoisotopic (exact) mass is 260 g/mol. The molecule has 19 heavy (non-hydrogen) atoms. The number of rotatable bonds is 6. The van der Waals surface area contributed by atoms with Gasteiger partial charge in [0.25, 0.3) is 0 Å². The third-order valence-electron chi connectivity index (χ3n) is 3.10. The number of nitrogens with zero attached hydrogens (tertiary/aromatic N) is 2. The van der Waals surface area contributed by atoms with E-state index in [1.807, 2.05) is 35.1 Å². The van der Waals surface area contributed by atoms with Crippen molar-refractivity contribution in [1.82, 2.24) is 9.78 Å². The van der Waals surface area contributed by atoms with Crippen LogP contribution in [0.15, 0.2) is 30.5 Å². The van der Waals surface area contributed by atoms with E-state index in [2.05, 4.69) is 5.10 Å². The summed E-state index contributed by atoms with van der Waals surface area (Å²) in [6.07, 6.45) is 3.64. The van der Waals surface area contributed by atoms with Crippen molar-refractivity contribution in [3.05, 3.63) is 41.6 Å². The Bertz CT molecular complexity index is 519. The minimum Gasteiger partial charge on any atom is -0.497 e. The van der Waals surface area contributed by atoms with Crippen LogP contribution in [-0.2, 0) is 13.0 Å². The van der Waals surface area contributed by atoms with Crippen molar-refractivity contribution in [3.8, 4) is 5.75 Å². The van der Waals surface area contributed by atoms with E-state index >= 15 is 0 Å². The standard InChI is InChI=1S/C14H20N4O/c1-19-13-6-4-11(5-7-13)10-18-14(16)12(9-17-18)3-2-8-15/h4-7,9H,2-3,8,10,15-16H2,1H3. The first-order valence-electron chi connectivity index (χ1n) is 6.37. The van der Waals surface area contributed by atoms with Crippen LogP contribution < -0.4 is 16.2 Å². The van der Waals surface area contributed by atoms with Crippen LogP contribution in [0.4, 0.5) is 5.82 Å². The molecule has 2 rings (SSSR count). The lowest BCUT2D eigenvalue weighted by atomic mass is 10.2. The summed E-state index contributed by atoms with van der Waals surface area (Å²) in [7, 11) is 1.66. The Morgan fingerprint density at radius 3 is 2.63 bits per heavy atom. The molecule has 1 aromatic heterocycles. The van der Waals surface area contributed by atoms with Crippen LogP contribution in [0.2, 0.25) is 0 Å². The second kappa shape index (κ2) is 6.24. The normalized spacial score (nSPS) is 10.6. The molecule has 0 atom stereocenters. The summed E-state index contributed by atoms with van der Waals surface area (Å²) in [5.41, 5.74) is 13.8. The van der Waals surface area contributed by atoms with Crippen LogP contribution >= 0.6 is 0 Å². The Labute approximate surface area is 113 Å². The van der Waals surface area contributed by atoms with E-state index in [0.29, 0.717) is 13.1 Å². The van der Waals surface area contributed by atoms with Gasteiger partial charge in [-0.3, -0.25) is 0 Å². The van der Waals surface area contributed by atoms with Gasteiger partial charge < -0.3 is 16.2 Å². The van der Waals surface area contributed by atoms with Crippen molar-refractivity contribution in [2.24, 2.45) is 5.73 Å². The SMILES string of the molecule is COc1ccc(Cn2ncc(CCCN)c2N)cc1. The summed E-state index contributed by atoms with van der Waals surface area (Å²) in [6.45, 7) is 1.33. The van der Waals surface area contributed by atoms with Crippen LogP contribution in [-0.4, -0.2) is 23.4 Å². The molecule has 0 bridgehead atoms. The molecule has 0 unspecified atom stereocenters. The number of hydrogen-bond acceptors (Lipinski definition) is 4. The molecule has 0 spiro atoms. The number of methoxy groups -OCH3 is 1. The van der Waals surface area contributed by atoms with Crippen molar-refractivity contribution >= 4 is 5.82 Å². The van der Waals surface area contributed by atoms with Crippen LogP contribution in [0.1, 0.15) is 17.5 Å². The first kappa shape index (κ1) is 13.4. The molecule has 1 aromatic carbocycles. The van der Waals surface area contributed by atoms with Crippen molar-refractivity contribution < 1.29 is 4.74 Å². The van der Waals surface area contributed by atoms with Gasteiger partial charge in [-0.1, -0.05) is 12.1 Å². The van der Waals surface area contributed by atoms with Crippen molar-refractivity contribution in [3.63, 3.8) is 0 Å². The second-order valence-electron chi connectivity index (χ2n) is 4.45. The Hall–Kier alpha value is -2.01. The molecule has 5 nitrogen and oxygen atoms in total. The lowest BCUT2D eigenvalue weighted by Gasteiger charge is -2.06. The molecule has 0 aliphatic rings. The maximum Gasteiger partial charge on any atom is 0.125 e. The zero-order chi connectivity index (χ0) is 13.7. The minimum absolute atomic E-state index is 0.665. The summed E-state index contributed by atoms with van der Waals surface area (Å²) in [5.74, 6) is 1.57. The molecule has 2 aromatic rings. The van der Waals surface area contributed by atoms with E-state index in [0.717, 1.165) is 35.5 Å². The fourth-order valence-electron chi connectivity index (χ4n) is 1.95. The van der Waals surface area contributed by atoms with E-state index in [4.69, 9.17) is 16.2 Å². The van der Waals surface area contributed by atoms with Crippen LogP contribution in [0.25, 0.3) is 0 Å². The average Bonchev–Trinajstić information content (AvgIpc) is 2.78. The third kappa shape index (κ3) is 3.26. The van der Waals surface area contributed by atoms with Crippen molar-refractivity contribution in [1.29, 1.82) is 0 Å². The number of benzene rings is 1. The van der Waals surface area contributed by atoms with Gasteiger partial charge in [-0.15, -0.1) is 0 Å². The predicted octanol–water partition coefficient (Wildman–Crippen LogP) is 1.41. The summed E-state index contributed by atoms with van der Waals surface area (Å²) >= 11 is 0. The van der Waals surface area contributed by atoms with E-state index in [1.54, 1.807) is 7.11 Å². The molecule has 0 aliphatic heterocycles. The summed E-state index contributed by atoms with van der Waals surface area (Å²) < 4.78 is 6.95. The molecule has 1 heterocycles. The number of aromatic nitrogens is 2. The molecule has 5 heteroatoms. The van der Waals surface area contributed by atoms with Crippen LogP contribution in [0.5, 0.6) is 5.75 Å². The second-order valence-corrected chi connectivity index (χ2v) is 4.45. The van der Waals surface area contributed by atoms with Gasteiger partial charge in [0.05, 0.1) is 19.9 Å². The largest absolute Gasteiger partial charge is 0.497 e. The molecule has 4 N–H and O–H groups in total. The molecular formula is C14H20N4O. The van der Waals surface area contributed by atoms with Crippen LogP contribution in [0, 0.1) is 0 Å². The van der Waals surface area contributed by atoms with Crippen molar-refractivity contribution in [2.45, 2.75) is 19.4 Å². The highest BCUT2D eigenvalue weighted by Crippen LogP contribution is 2.16. The van der Waals surface area contributed by atoms with E-state index in [9.17, 15) is 0 Å². The zero-order valence-electron chi connectivity index (χ0n) is 11.2. The van der Waals surface area contributed by atoms with E-state index in [-0.39, 0.29) is 0 Å². The quantitative estimate of drug-likeness (QED) is 0.823. The number of nitrogens with two attached hydrogens (primary N) is 2. The number of anilines is 1. The molecule has 0 amide bonds. The molecule has 0 saturated heterocycles. The Balaban J connectivity index is 2.07. The Morgan fingerprint density at radius 2 is 2.00 bits per heavy atom. The number of hydrogen-bond donors (Lipinski definition) is 2. The summed E-state index contributed by atoms with van der Waals surface area (Å²) in [6, 6.07) is 7.90. The minimum atomic E-state index is 0.665. The highest BCUT2D eigenvalue weighted by molar-refractivity contribution is 5.39. The van der Waals surface area contributed by atoms with Gasteiger partial charge in [0.1, 0.15) is 11.6 Å². The molecule has 0 radical (unpaired) electrons. The lowest BCUT2D eigenvalue weighted by molar-refractivity contribution is 0.414. The average molecular weight is 260 g/mol.